The molecular weight excluding hydrogens is 256 g/mol. The lowest BCUT2D eigenvalue weighted by molar-refractivity contribution is -0.140. The fraction of sp³-hybridized carbons (Fsp3) is 0.200. The van der Waals surface area contributed by atoms with Gasteiger partial charge in [-0.1, -0.05) is 30.3 Å². The summed E-state index contributed by atoms with van der Waals surface area (Å²) in [5.41, 5.74) is 7.01. The Morgan fingerprint density at radius 1 is 1.45 bits per heavy atom. The Labute approximate surface area is 116 Å². The molecule has 0 bridgehead atoms. The van der Waals surface area contributed by atoms with Gasteiger partial charge in [-0.25, -0.2) is 4.79 Å². The van der Waals surface area contributed by atoms with Crippen molar-refractivity contribution in [2.45, 2.75) is 20.0 Å². The summed E-state index contributed by atoms with van der Waals surface area (Å²) in [4.78, 5) is 12.0. The Bertz CT molecular complexity index is 624. The third kappa shape index (κ3) is 2.98. The van der Waals surface area contributed by atoms with Crippen LogP contribution in [0.4, 0.5) is 0 Å². The number of rotatable bonds is 3. The van der Waals surface area contributed by atoms with Crippen LogP contribution in [0.2, 0.25) is 0 Å². The van der Waals surface area contributed by atoms with Crippen molar-refractivity contribution in [3.8, 4) is 6.07 Å². The summed E-state index contributed by atoms with van der Waals surface area (Å²) < 4.78 is 10.4. The second kappa shape index (κ2) is 5.93. The van der Waals surface area contributed by atoms with E-state index in [2.05, 4.69) is 0 Å². The van der Waals surface area contributed by atoms with Crippen LogP contribution in [-0.2, 0) is 20.9 Å². The van der Waals surface area contributed by atoms with Crippen LogP contribution in [0.5, 0.6) is 0 Å². The van der Waals surface area contributed by atoms with Gasteiger partial charge in [0, 0.05) is 6.42 Å². The maximum atomic E-state index is 12.0. The molecule has 1 heterocycles. The van der Waals surface area contributed by atoms with Crippen LogP contribution in [0.3, 0.4) is 0 Å². The Morgan fingerprint density at radius 2 is 2.15 bits per heavy atom. The lowest BCUT2D eigenvalue weighted by Crippen LogP contribution is -2.18. The number of carbonyl (C=O) groups excluding carboxylic acids is 1. The average molecular weight is 270 g/mol. The third-order valence-electron chi connectivity index (χ3n) is 2.93. The van der Waals surface area contributed by atoms with E-state index in [9.17, 15) is 4.79 Å². The Hall–Kier alpha value is -2.74. The smallest absolute Gasteiger partial charge is 0.338 e. The molecule has 102 valence electrons. The minimum atomic E-state index is -0.494. The van der Waals surface area contributed by atoms with E-state index in [0.29, 0.717) is 11.3 Å². The fourth-order valence-corrected chi connectivity index (χ4v) is 1.80. The number of hydrogen-bond acceptors (Lipinski definition) is 5. The van der Waals surface area contributed by atoms with Crippen LogP contribution in [0, 0.1) is 11.3 Å². The van der Waals surface area contributed by atoms with E-state index in [-0.39, 0.29) is 24.5 Å². The minimum absolute atomic E-state index is 0.0459. The Morgan fingerprint density at radius 3 is 2.80 bits per heavy atom. The molecule has 1 aromatic rings. The van der Waals surface area contributed by atoms with Crippen LogP contribution < -0.4 is 5.73 Å². The molecule has 0 saturated heterocycles. The molecule has 1 aliphatic rings. The summed E-state index contributed by atoms with van der Waals surface area (Å²) in [6.45, 7) is 1.80. The highest BCUT2D eigenvalue weighted by Crippen LogP contribution is 2.25. The van der Waals surface area contributed by atoms with Crippen LogP contribution >= 0.6 is 0 Å². The quantitative estimate of drug-likeness (QED) is 0.850. The summed E-state index contributed by atoms with van der Waals surface area (Å²) in [6.07, 6.45) is 0.141. The summed E-state index contributed by atoms with van der Waals surface area (Å²) in [6, 6.07) is 11.3. The van der Waals surface area contributed by atoms with Gasteiger partial charge in [0.2, 0.25) is 5.88 Å². The van der Waals surface area contributed by atoms with E-state index in [1.807, 2.05) is 36.4 Å². The molecule has 0 saturated carbocycles. The van der Waals surface area contributed by atoms with Crippen molar-refractivity contribution in [2.75, 3.05) is 0 Å². The number of ether oxygens (including phenoxy) is 2. The highest BCUT2D eigenvalue weighted by Gasteiger charge is 2.24. The number of allylic oxidation sites excluding steroid dienone is 2. The van der Waals surface area contributed by atoms with E-state index < -0.39 is 5.97 Å². The highest BCUT2D eigenvalue weighted by molar-refractivity contribution is 5.90. The standard InChI is InChI=1S/C15H14N2O3/c1-10-13(7-12(8-16)14(17)20-10)15(18)19-9-11-5-3-2-4-6-11/h2-6H,7,9,17H2,1H3. The summed E-state index contributed by atoms with van der Waals surface area (Å²) in [5.74, 6) is -0.0734. The van der Waals surface area contributed by atoms with Crippen molar-refractivity contribution in [3.05, 3.63) is 58.7 Å². The molecule has 0 aromatic heterocycles. The van der Waals surface area contributed by atoms with Crippen LogP contribution in [0.25, 0.3) is 0 Å². The zero-order valence-corrected chi connectivity index (χ0v) is 11.1. The van der Waals surface area contributed by atoms with Gasteiger partial charge in [-0.2, -0.15) is 5.26 Å². The fourth-order valence-electron chi connectivity index (χ4n) is 1.80. The molecule has 0 amide bonds. The monoisotopic (exact) mass is 270 g/mol. The Kier molecular flexibility index (Phi) is 4.06. The molecule has 20 heavy (non-hydrogen) atoms. The predicted octanol–water partition coefficient (Wildman–Crippen LogP) is 2.12. The second-order valence-corrected chi connectivity index (χ2v) is 4.33. The molecule has 5 heteroatoms. The maximum absolute atomic E-state index is 12.0. The van der Waals surface area contributed by atoms with Crippen molar-refractivity contribution in [2.24, 2.45) is 5.73 Å². The van der Waals surface area contributed by atoms with E-state index in [0.717, 1.165) is 5.56 Å². The zero-order valence-electron chi connectivity index (χ0n) is 11.1. The predicted molar refractivity (Wildman–Crippen MR) is 71.5 cm³/mol. The molecular formula is C15H14N2O3. The topological polar surface area (TPSA) is 85.3 Å². The Balaban J connectivity index is 2.03. The molecule has 0 aliphatic carbocycles. The molecule has 1 aliphatic heterocycles. The van der Waals surface area contributed by atoms with Gasteiger partial charge in [-0.05, 0) is 12.5 Å². The first-order valence-electron chi connectivity index (χ1n) is 6.09. The normalized spacial score (nSPS) is 14.6. The van der Waals surface area contributed by atoms with Gasteiger partial charge < -0.3 is 15.2 Å². The van der Waals surface area contributed by atoms with Gasteiger partial charge >= 0.3 is 5.97 Å². The van der Waals surface area contributed by atoms with Crippen molar-refractivity contribution in [1.82, 2.24) is 0 Å². The van der Waals surface area contributed by atoms with Crippen LogP contribution in [-0.4, -0.2) is 5.97 Å². The van der Waals surface area contributed by atoms with E-state index in [1.165, 1.54) is 0 Å². The maximum Gasteiger partial charge on any atom is 0.338 e. The average Bonchev–Trinajstić information content (AvgIpc) is 2.46. The molecule has 0 radical (unpaired) electrons. The number of benzene rings is 1. The number of hydrogen-bond donors (Lipinski definition) is 1. The van der Waals surface area contributed by atoms with E-state index >= 15 is 0 Å². The molecule has 0 atom stereocenters. The third-order valence-corrected chi connectivity index (χ3v) is 2.93. The van der Waals surface area contributed by atoms with Crippen molar-refractivity contribution in [3.63, 3.8) is 0 Å². The van der Waals surface area contributed by atoms with Crippen molar-refractivity contribution in [1.29, 1.82) is 5.26 Å². The van der Waals surface area contributed by atoms with Gasteiger partial charge in [-0.15, -0.1) is 0 Å². The number of esters is 1. The lowest BCUT2D eigenvalue weighted by atomic mass is 10.0. The summed E-state index contributed by atoms with van der Waals surface area (Å²) >= 11 is 0. The van der Waals surface area contributed by atoms with Crippen molar-refractivity contribution < 1.29 is 14.3 Å². The number of nitriles is 1. The van der Waals surface area contributed by atoms with E-state index in [1.54, 1.807) is 6.92 Å². The summed E-state index contributed by atoms with van der Waals surface area (Å²) in [7, 11) is 0. The number of nitrogens with two attached hydrogens (primary N) is 1. The second-order valence-electron chi connectivity index (χ2n) is 4.33. The molecule has 0 spiro atoms. The highest BCUT2D eigenvalue weighted by atomic mass is 16.5. The largest absolute Gasteiger partial charge is 0.457 e. The van der Waals surface area contributed by atoms with Crippen molar-refractivity contribution >= 4 is 5.97 Å². The lowest BCUT2D eigenvalue weighted by Gasteiger charge is -2.18. The first-order valence-corrected chi connectivity index (χ1v) is 6.09. The molecule has 5 nitrogen and oxygen atoms in total. The molecule has 0 fully saturated rings. The van der Waals surface area contributed by atoms with Gasteiger partial charge in [0.25, 0.3) is 0 Å². The summed E-state index contributed by atoms with van der Waals surface area (Å²) in [5, 5.41) is 8.91. The van der Waals surface area contributed by atoms with Crippen LogP contribution in [0.1, 0.15) is 18.9 Å². The number of carbonyl (C=O) groups is 1. The van der Waals surface area contributed by atoms with Gasteiger partial charge in [0.05, 0.1) is 11.1 Å². The molecule has 2 rings (SSSR count). The van der Waals surface area contributed by atoms with Gasteiger partial charge in [-0.3, -0.25) is 0 Å². The SMILES string of the molecule is CC1=C(C(=O)OCc2ccccc2)CC(C#N)=C(N)O1. The van der Waals surface area contributed by atoms with Gasteiger partial charge in [0.15, 0.2) is 0 Å². The zero-order chi connectivity index (χ0) is 14.5. The molecule has 1 aromatic carbocycles. The van der Waals surface area contributed by atoms with Crippen LogP contribution in [0.15, 0.2) is 53.1 Å². The minimum Gasteiger partial charge on any atom is -0.457 e. The molecule has 0 unspecified atom stereocenters. The van der Waals surface area contributed by atoms with Gasteiger partial charge in [0.1, 0.15) is 18.4 Å². The first kappa shape index (κ1) is 13.7. The van der Waals surface area contributed by atoms with E-state index in [4.69, 9.17) is 20.5 Å². The molecule has 2 N–H and O–H groups in total. The number of nitrogens with zero attached hydrogens (tertiary/aromatic N) is 1. The first-order chi connectivity index (χ1) is 9.61.